The molecular weight excluding hydrogens is 281 g/mol. The second-order valence-electron chi connectivity index (χ2n) is 4.47. The molecule has 1 unspecified atom stereocenters. The molecular formula is C13H16FN3O4. The van der Waals surface area contributed by atoms with Crippen LogP contribution in [0.25, 0.3) is 0 Å². The Labute approximate surface area is 120 Å². The number of amides is 2. The van der Waals surface area contributed by atoms with Crippen molar-refractivity contribution >= 4 is 17.5 Å². The lowest BCUT2D eigenvalue weighted by Gasteiger charge is -2.14. The molecule has 0 spiro atoms. The van der Waals surface area contributed by atoms with Crippen molar-refractivity contribution in [1.29, 1.82) is 0 Å². The van der Waals surface area contributed by atoms with E-state index >= 15 is 0 Å². The number of carbonyl (C=O) groups is 2. The molecule has 114 valence electrons. The van der Waals surface area contributed by atoms with E-state index in [1.54, 1.807) is 6.92 Å². The number of aryl methyl sites for hydroxylation is 1. The summed E-state index contributed by atoms with van der Waals surface area (Å²) in [6, 6.07) is 1.01. The lowest BCUT2D eigenvalue weighted by molar-refractivity contribution is -0.385. The third-order valence-corrected chi connectivity index (χ3v) is 2.79. The van der Waals surface area contributed by atoms with Gasteiger partial charge in [0.2, 0.25) is 5.91 Å². The number of non-ortho nitro benzene ring substituents is 1. The van der Waals surface area contributed by atoms with E-state index in [9.17, 15) is 24.1 Å². The monoisotopic (exact) mass is 297 g/mol. The highest BCUT2D eigenvalue weighted by atomic mass is 19.1. The van der Waals surface area contributed by atoms with Gasteiger partial charge in [-0.25, -0.2) is 4.39 Å². The third-order valence-electron chi connectivity index (χ3n) is 2.79. The number of benzene rings is 1. The summed E-state index contributed by atoms with van der Waals surface area (Å²) in [6.07, 6.45) is 0. The number of hydrogen-bond acceptors (Lipinski definition) is 4. The summed E-state index contributed by atoms with van der Waals surface area (Å²) >= 11 is 0. The van der Waals surface area contributed by atoms with E-state index in [1.165, 1.54) is 13.8 Å². The lowest BCUT2D eigenvalue weighted by Crippen LogP contribution is -2.44. The number of nitrogens with zero attached hydrogens (tertiary/aromatic N) is 1. The van der Waals surface area contributed by atoms with E-state index in [4.69, 9.17) is 0 Å². The average Bonchev–Trinajstić information content (AvgIpc) is 2.41. The van der Waals surface area contributed by atoms with Crippen molar-refractivity contribution in [2.75, 3.05) is 6.54 Å². The molecule has 0 bridgehead atoms. The van der Waals surface area contributed by atoms with Crippen molar-refractivity contribution < 1.29 is 18.9 Å². The number of likely N-dealkylation sites (N-methyl/N-ethyl adjacent to an activating group) is 1. The molecule has 0 fully saturated rings. The Morgan fingerprint density at radius 1 is 1.43 bits per heavy atom. The number of nitro groups is 1. The third kappa shape index (κ3) is 3.98. The van der Waals surface area contributed by atoms with Gasteiger partial charge in [0.1, 0.15) is 11.9 Å². The van der Waals surface area contributed by atoms with Gasteiger partial charge in [-0.15, -0.1) is 0 Å². The van der Waals surface area contributed by atoms with Crippen LogP contribution in [0.5, 0.6) is 0 Å². The first-order chi connectivity index (χ1) is 9.77. The van der Waals surface area contributed by atoms with Crippen LogP contribution >= 0.6 is 0 Å². The predicted molar refractivity (Wildman–Crippen MR) is 73.4 cm³/mol. The molecule has 1 atom stereocenters. The van der Waals surface area contributed by atoms with Gasteiger partial charge in [-0.05, 0) is 26.3 Å². The smallest absolute Gasteiger partial charge is 0.270 e. The lowest BCUT2D eigenvalue weighted by atomic mass is 10.1. The average molecular weight is 297 g/mol. The van der Waals surface area contributed by atoms with Gasteiger partial charge in [0.25, 0.3) is 11.6 Å². The van der Waals surface area contributed by atoms with E-state index in [-0.39, 0.29) is 11.3 Å². The number of nitro benzene ring substituents is 1. The minimum atomic E-state index is -0.878. The van der Waals surface area contributed by atoms with Crippen LogP contribution in [-0.2, 0) is 4.79 Å². The first-order valence-electron chi connectivity index (χ1n) is 6.31. The fourth-order valence-electron chi connectivity index (χ4n) is 1.69. The maximum Gasteiger partial charge on any atom is 0.270 e. The van der Waals surface area contributed by atoms with Crippen molar-refractivity contribution in [3.05, 3.63) is 39.2 Å². The van der Waals surface area contributed by atoms with E-state index in [2.05, 4.69) is 10.6 Å². The van der Waals surface area contributed by atoms with Crippen molar-refractivity contribution in [3.8, 4) is 0 Å². The molecule has 1 aromatic carbocycles. The molecule has 2 amide bonds. The minimum Gasteiger partial charge on any atom is -0.355 e. The zero-order valence-corrected chi connectivity index (χ0v) is 11.9. The molecule has 1 rings (SSSR count). The Bertz CT molecular complexity index is 589. The van der Waals surface area contributed by atoms with Crippen LogP contribution < -0.4 is 10.6 Å². The Morgan fingerprint density at radius 2 is 2.05 bits per heavy atom. The highest BCUT2D eigenvalue weighted by molar-refractivity contribution is 5.98. The van der Waals surface area contributed by atoms with Gasteiger partial charge in [0.05, 0.1) is 10.5 Å². The Morgan fingerprint density at radius 3 is 2.57 bits per heavy atom. The van der Waals surface area contributed by atoms with Crippen LogP contribution in [0.15, 0.2) is 12.1 Å². The first-order valence-corrected chi connectivity index (χ1v) is 6.31. The molecule has 2 N–H and O–H groups in total. The molecule has 1 aromatic rings. The van der Waals surface area contributed by atoms with Crippen molar-refractivity contribution in [3.63, 3.8) is 0 Å². The van der Waals surface area contributed by atoms with Gasteiger partial charge >= 0.3 is 0 Å². The topological polar surface area (TPSA) is 101 Å². The van der Waals surface area contributed by atoms with Crippen LogP contribution in [-0.4, -0.2) is 29.3 Å². The van der Waals surface area contributed by atoms with Crippen LogP contribution in [0.1, 0.15) is 29.8 Å². The number of hydrogen-bond donors (Lipinski definition) is 2. The maximum atomic E-state index is 13.9. The van der Waals surface area contributed by atoms with Crippen molar-refractivity contribution in [1.82, 2.24) is 10.6 Å². The van der Waals surface area contributed by atoms with Gasteiger partial charge in [0, 0.05) is 18.7 Å². The molecule has 0 aliphatic heterocycles. The Balaban J connectivity index is 3.02. The molecule has 0 saturated carbocycles. The van der Waals surface area contributed by atoms with Crippen molar-refractivity contribution in [2.45, 2.75) is 26.8 Å². The molecule has 0 saturated heterocycles. The quantitative estimate of drug-likeness (QED) is 0.631. The van der Waals surface area contributed by atoms with Crippen LogP contribution in [0.2, 0.25) is 0 Å². The summed E-state index contributed by atoms with van der Waals surface area (Å²) in [6.45, 7) is 4.87. The summed E-state index contributed by atoms with van der Waals surface area (Å²) in [5.41, 5.74) is -0.859. The Hall–Kier alpha value is -2.51. The van der Waals surface area contributed by atoms with Crippen LogP contribution in [0, 0.1) is 22.9 Å². The molecule has 7 nitrogen and oxygen atoms in total. The minimum absolute atomic E-state index is 0.0139. The highest BCUT2D eigenvalue weighted by Crippen LogP contribution is 2.21. The first kappa shape index (κ1) is 16.5. The summed E-state index contributed by atoms with van der Waals surface area (Å²) < 4.78 is 13.9. The van der Waals surface area contributed by atoms with E-state index in [0.29, 0.717) is 6.54 Å². The normalized spacial score (nSPS) is 11.6. The molecule has 0 aliphatic rings. The number of nitrogens with one attached hydrogen (secondary N) is 2. The van der Waals surface area contributed by atoms with E-state index in [1.807, 2.05) is 0 Å². The van der Waals surface area contributed by atoms with Gasteiger partial charge in [-0.2, -0.15) is 0 Å². The number of rotatable bonds is 5. The molecule has 21 heavy (non-hydrogen) atoms. The fourth-order valence-corrected chi connectivity index (χ4v) is 1.69. The largest absolute Gasteiger partial charge is 0.355 e. The molecule has 0 aromatic heterocycles. The second kappa shape index (κ2) is 6.78. The molecule has 0 radical (unpaired) electrons. The van der Waals surface area contributed by atoms with Gasteiger partial charge in [-0.1, -0.05) is 0 Å². The summed E-state index contributed by atoms with van der Waals surface area (Å²) in [5, 5.41) is 15.5. The van der Waals surface area contributed by atoms with Crippen LogP contribution in [0.4, 0.5) is 10.1 Å². The van der Waals surface area contributed by atoms with E-state index < -0.39 is 34.2 Å². The predicted octanol–water partition coefficient (Wildman–Crippen LogP) is 1.30. The van der Waals surface area contributed by atoms with Crippen LogP contribution in [0.3, 0.4) is 0 Å². The summed E-state index contributed by atoms with van der Waals surface area (Å²) in [5.74, 6) is -2.15. The highest BCUT2D eigenvalue weighted by Gasteiger charge is 2.22. The zero-order chi connectivity index (χ0) is 16.2. The van der Waals surface area contributed by atoms with Gasteiger partial charge in [-0.3, -0.25) is 19.7 Å². The van der Waals surface area contributed by atoms with E-state index in [0.717, 1.165) is 12.1 Å². The SMILES string of the molecule is CCNC(=O)C(C)NC(=O)c1cc([N+](=O)[O-])cc(C)c1F. The number of carbonyl (C=O) groups excluding carboxylic acids is 2. The number of halogens is 1. The fraction of sp³-hybridized carbons (Fsp3) is 0.385. The zero-order valence-electron chi connectivity index (χ0n) is 11.9. The maximum absolute atomic E-state index is 13.9. The standard InChI is InChI=1S/C13H16FN3O4/c1-4-15-12(18)8(3)16-13(19)10-6-9(17(20)21)5-7(2)11(10)14/h5-6,8H,4H2,1-3H3,(H,15,18)(H,16,19). The van der Waals surface area contributed by atoms with Crippen molar-refractivity contribution in [2.24, 2.45) is 0 Å². The summed E-state index contributed by atoms with van der Waals surface area (Å²) in [4.78, 5) is 33.5. The molecule has 8 heteroatoms. The van der Waals surface area contributed by atoms with Gasteiger partial charge in [0.15, 0.2) is 0 Å². The Kier molecular flexibility index (Phi) is 5.34. The van der Waals surface area contributed by atoms with Gasteiger partial charge < -0.3 is 10.6 Å². The molecule has 0 heterocycles. The second-order valence-corrected chi connectivity index (χ2v) is 4.47. The molecule has 0 aliphatic carbocycles. The summed E-state index contributed by atoms with van der Waals surface area (Å²) in [7, 11) is 0.